The maximum Gasteiger partial charge on any atom is 0.249 e. The molecule has 98 valence electrons. The normalized spacial score (nSPS) is 9.60. The lowest BCUT2D eigenvalue weighted by atomic mass is 9.97. The summed E-state index contributed by atoms with van der Waals surface area (Å²) in [6.07, 6.45) is 0. The van der Waals surface area contributed by atoms with Crippen molar-refractivity contribution in [3.05, 3.63) is 75.7 Å². The Morgan fingerprint density at radius 1 is 0.950 bits per heavy atom. The Hall–Kier alpha value is -3.11. The van der Waals surface area contributed by atoms with E-state index < -0.39 is 11.7 Å². The largest absolute Gasteiger partial charge is 0.366 e. The molecule has 0 heterocycles. The van der Waals surface area contributed by atoms with Crippen LogP contribution in [0, 0.1) is 0 Å². The van der Waals surface area contributed by atoms with Gasteiger partial charge in [0.2, 0.25) is 5.91 Å². The molecule has 6 heteroatoms. The Morgan fingerprint density at radius 2 is 1.50 bits per heavy atom. The highest BCUT2D eigenvalue weighted by atomic mass is 16.1. The first kappa shape index (κ1) is 13.3. The number of benzene rings is 2. The average molecular weight is 266 g/mol. The van der Waals surface area contributed by atoms with Gasteiger partial charge in [0.15, 0.2) is 5.78 Å². The quantitative estimate of drug-likeness (QED) is 0.397. The van der Waals surface area contributed by atoms with Gasteiger partial charge in [-0.2, -0.15) is 0 Å². The SMILES string of the molecule is [N-]=[N+]=Nc1ccccc1C(=O)c1ccccc1C(N)=O. The number of amides is 1. The van der Waals surface area contributed by atoms with Crippen LogP contribution in [0.2, 0.25) is 0 Å². The van der Waals surface area contributed by atoms with Crippen molar-refractivity contribution < 1.29 is 9.59 Å². The highest BCUT2D eigenvalue weighted by molar-refractivity contribution is 6.17. The number of nitrogens with two attached hydrogens (primary N) is 1. The van der Waals surface area contributed by atoms with Gasteiger partial charge in [-0.05, 0) is 11.6 Å². The van der Waals surface area contributed by atoms with E-state index in [2.05, 4.69) is 10.0 Å². The number of azide groups is 1. The van der Waals surface area contributed by atoms with Gasteiger partial charge >= 0.3 is 0 Å². The van der Waals surface area contributed by atoms with Crippen molar-refractivity contribution in [1.82, 2.24) is 0 Å². The first-order valence-electron chi connectivity index (χ1n) is 5.73. The van der Waals surface area contributed by atoms with Gasteiger partial charge < -0.3 is 5.73 Å². The Kier molecular flexibility index (Phi) is 3.79. The van der Waals surface area contributed by atoms with Gasteiger partial charge in [-0.25, -0.2) is 0 Å². The molecule has 0 spiro atoms. The maximum atomic E-state index is 12.5. The average Bonchev–Trinajstić information content (AvgIpc) is 2.47. The first-order valence-corrected chi connectivity index (χ1v) is 5.73. The van der Waals surface area contributed by atoms with E-state index in [1.807, 2.05) is 0 Å². The number of carbonyl (C=O) groups is 2. The Morgan fingerprint density at radius 3 is 2.10 bits per heavy atom. The van der Waals surface area contributed by atoms with Crippen molar-refractivity contribution in [2.45, 2.75) is 0 Å². The summed E-state index contributed by atoms with van der Waals surface area (Å²) in [5.74, 6) is -1.10. The number of hydrogen-bond donors (Lipinski definition) is 1. The lowest BCUT2D eigenvalue weighted by Gasteiger charge is -2.07. The van der Waals surface area contributed by atoms with E-state index in [0.29, 0.717) is 0 Å². The molecule has 0 saturated heterocycles. The molecule has 0 aliphatic heterocycles. The van der Waals surface area contributed by atoms with Crippen molar-refractivity contribution in [2.75, 3.05) is 0 Å². The van der Waals surface area contributed by atoms with Crippen molar-refractivity contribution in [1.29, 1.82) is 0 Å². The van der Waals surface area contributed by atoms with Gasteiger partial charge in [0.1, 0.15) is 0 Å². The Bertz CT molecular complexity index is 686. The van der Waals surface area contributed by atoms with Crippen LogP contribution >= 0.6 is 0 Å². The fraction of sp³-hybridized carbons (Fsp3) is 0. The third-order valence-corrected chi connectivity index (χ3v) is 2.74. The summed E-state index contributed by atoms with van der Waals surface area (Å²) in [6, 6.07) is 12.6. The number of primary amides is 1. The lowest BCUT2D eigenvalue weighted by Crippen LogP contribution is -2.16. The van der Waals surface area contributed by atoms with E-state index in [1.165, 1.54) is 24.3 Å². The molecule has 2 rings (SSSR count). The van der Waals surface area contributed by atoms with Gasteiger partial charge in [-0.1, -0.05) is 47.6 Å². The minimum absolute atomic E-state index is 0.133. The third-order valence-electron chi connectivity index (χ3n) is 2.74. The number of rotatable bonds is 4. The van der Waals surface area contributed by atoms with Gasteiger partial charge in [-0.15, -0.1) is 0 Å². The highest BCUT2D eigenvalue weighted by Gasteiger charge is 2.18. The molecule has 0 unspecified atom stereocenters. The summed E-state index contributed by atoms with van der Waals surface area (Å²) in [7, 11) is 0. The van der Waals surface area contributed by atoms with E-state index >= 15 is 0 Å². The van der Waals surface area contributed by atoms with Crippen LogP contribution in [0.15, 0.2) is 53.6 Å². The number of ketones is 1. The topological polar surface area (TPSA) is 109 Å². The van der Waals surface area contributed by atoms with Crippen molar-refractivity contribution >= 4 is 17.4 Å². The number of hydrogen-bond acceptors (Lipinski definition) is 3. The van der Waals surface area contributed by atoms with Crippen LogP contribution in [0.3, 0.4) is 0 Å². The molecule has 0 aromatic heterocycles. The molecule has 1 amide bonds. The molecule has 0 fully saturated rings. The summed E-state index contributed by atoms with van der Waals surface area (Å²) in [5.41, 5.74) is 14.5. The second-order valence-corrected chi connectivity index (χ2v) is 3.95. The monoisotopic (exact) mass is 266 g/mol. The van der Waals surface area contributed by atoms with Crippen LogP contribution in [0.25, 0.3) is 10.4 Å². The van der Waals surface area contributed by atoms with Gasteiger partial charge in [0, 0.05) is 21.7 Å². The maximum absolute atomic E-state index is 12.5. The van der Waals surface area contributed by atoms with E-state index in [-0.39, 0.29) is 22.4 Å². The summed E-state index contributed by atoms with van der Waals surface area (Å²) >= 11 is 0. The summed E-state index contributed by atoms with van der Waals surface area (Å²) in [5, 5.41) is 3.47. The number of nitrogens with zero attached hydrogens (tertiary/aromatic N) is 3. The number of carbonyl (C=O) groups excluding carboxylic acids is 2. The minimum atomic E-state index is -0.685. The van der Waals surface area contributed by atoms with Crippen molar-refractivity contribution in [2.24, 2.45) is 10.8 Å². The van der Waals surface area contributed by atoms with E-state index in [9.17, 15) is 9.59 Å². The van der Waals surface area contributed by atoms with E-state index in [1.54, 1.807) is 24.3 Å². The third kappa shape index (κ3) is 2.50. The predicted molar refractivity (Wildman–Crippen MR) is 73.6 cm³/mol. The van der Waals surface area contributed by atoms with Gasteiger partial charge in [0.05, 0.1) is 5.56 Å². The molecule has 2 N–H and O–H groups in total. The summed E-state index contributed by atoms with van der Waals surface area (Å²) in [6.45, 7) is 0. The van der Waals surface area contributed by atoms with Crippen molar-refractivity contribution in [3.63, 3.8) is 0 Å². The van der Waals surface area contributed by atoms with Crippen LogP contribution < -0.4 is 5.73 Å². The zero-order chi connectivity index (χ0) is 14.5. The smallest absolute Gasteiger partial charge is 0.249 e. The molecular weight excluding hydrogens is 256 g/mol. The van der Waals surface area contributed by atoms with Crippen molar-refractivity contribution in [3.8, 4) is 0 Å². The predicted octanol–water partition coefficient (Wildman–Crippen LogP) is 2.96. The standard InChI is InChI=1S/C14H10N4O2/c15-14(20)10-6-2-1-5-9(10)13(19)11-7-3-4-8-12(11)17-18-16/h1-8H,(H2,15,20). The zero-order valence-corrected chi connectivity index (χ0v) is 10.4. The van der Waals surface area contributed by atoms with Crippen LogP contribution in [-0.4, -0.2) is 11.7 Å². The molecule has 0 radical (unpaired) electrons. The molecule has 0 aliphatic rings. The first-order chi connectivity index (χ1) is 9.65. The molecular formula is C14H10N4O2. The summed E-state index contributed by atoms with van der Waals surface area (Å²) < 4.78 is 0. The Balaban J connectivity index is 2.58. The molecule has 0 aliphatic carbocycles. The van der Waals surface area contributed by atoms with Crippen LogP contribution in [0.5, 0.6) is 0 Å². The highest BCUT2D eigenvalue weighted by Crippen LogP contribution is 2.23. The fourth-order valence-corrected chi connectivity index (χ4v) is 1.84. The molecule has 2 aromatic rings. The molecule has 0 atom stereocenters. The van der Waals surface area contributed by atoms with Gasteiger partial charge in [0.25, 0.3) is 0 Å². The Labute approximate surface area is 114 Å². The lowest BCUT2D eigenvalue weighted by molar-refractivity contribution is 0.0981. The second-order valence-electron chi connectivity index (χ2n) is 3.95. The molecule has 6 nitrogen and oxygen atoms in total. The fourth-order valence-electron chi connectivity index (χ4n) is 1.84. The van der Waals surface area contributed by atoms with Gasteiger partial charge in [-0.3, -0.25) is 9.59 Å². The summed E-state index contributed by atoms with van der Waals surface area (Å²) in [4.78, 5) is 26.5. The van der Waals surface area contributed by atoms with Crippen LogP contribution in [0.4, 0.5) is 5.69 Å². The van der Waals surface area contributed by atoms with Crippen LogP contribution in [0.1, 0.15) is 26.3 Å². The molecule has 20 heavy (non-hydrogen) atoms. The van der Waals surface area contributed by atoms with E-state index in [0.717, 1.165) is 0 Å². The second kappa shape index (κ2) is 5.69. The molecule has 0 saturated carbocycles. The van der Waals surface area contributed by atoms with E-state index in [4.69, 9.17) is 11.3 Å². The minimum Gasteiger partial charge on any atom is -0.366 e. The molecule has 0 bridgehead atoms. The molecule has 2 aromatic carbocycles. The zero-order valence-electron chi connectivity index (χ0n) is 10.4. The van der Waals surface area contributed by atoms with Crippen LogP contribution in [-0.2, 0) is 0 Å².